The number of fused-ring (bicyclic) bond motifs is 1. The number of pyridine rings is 1. The molecule has 3 heterocycles. The summed E-state index contributed by atoms with van der Waals surface area (Å²) in [5, 5.41) is 7.15. The molecule has 0 unspecified atom stereocenters. The summed E-state index contributed by atoms with van der Waals surface area (Å²) in [5.74, 6) is -0.698. The molecule has 226 valence electrons. The Labute approximate surface area is 242 Å². The minimum absolute atomic E-state index is 0.137. The van der Waals surface area contributed by atoms with Crippen molar-refractivity contribution >= 4 is 22.7 Å². The SMILES string of the molecule is Cc1c(C(=O)NCC(F)(F)F)ccc2nn(CC3CCN(C(=O)c4ccc(-c5ccc(C(F)(F)F)cn5)cc4)CC3)cc12. The lowest BCUT2D eigenvalue weighted by atomic mass is 9.96. The van der Waals surface area contributed by atoms with Gasteiger partial charge in [-0.2, -0.15) is 31.4 Å². The monoisotopic (exact) mass is 603 g/mol. The van der Waals surface area contributed by atoms with Gasteiger partial charge in [0, 0.05) is 54.1 Å². The summed E-state index contributed by atoms with van der Waals surface area (Å²) in [5.41, 5.74) is 1.94. The molecule has 1 aliphatic rings. The molecule has 0 atom stereocenters. The fourth-order valence-electron chi connectivity index (χ4n) is 5.18. The number of hydrogen-bond donors (Lipinski definition) is 1. The molecule has 1 aliphatic heterocycles. The first-order chi connectivity index (χ1) is 20.3. The predicted molar refractivity (Wildman–Crippen MR) is 146 cm³/mol. The van der Waals surface area contributed by atoms with E-state index in [1.165, 1.54) is 12.1 Å². The summed E-state index contributed by atoms with van der Waals surface area (Å²) in [7, 11) is 0. The second kappa shape index (κ2) is 11.7. The zero-order chi connectivity index (χ0) is 30.9. The molecule has 0 aliphatic carbocycles. The highest BCUT2D eigenvalue weighted by Gasteiger charge is 2.31. The normalized spacial score (nSPS) is 14.7. The number of rotatable bonds is 6. The van der Waals surface area contributed by atoms with Gasteiger partial charge >= 0.3 is 12.4 Å². The van der Waals surface area contributed by atoms with E-state index in [9.17, 15) is 35.9 Å². The van der Waals surface area contributed by atoms with Crippen LogP contribution in [0.5, 0.6) is 0 Å². The first-order valence-corrected chi connectivity index (χ1v) is 13.5. The van der Waals surface area contributed by atoms with Crippen molar-refractivity contribution in [1.82, 2.24) is 25.0 Å². The van der Waals surface area contributed by atoms with E-state index in [0.717, 1.165) is 25.1 Å². The number of carbonyl (C=O) groups is 2. The van der Waals surface area contributed by atoms with E-state index < -0.39 is 30.4 Å². The van der Waals surface area contributed by atoms with Gasteiger partial charge in [-0.05, 0) is 67.6 Å². The van der Waals surface area contributed by atoms with Crippen molar-refractivity contribution in [3.63, 3.8) is 0 Å². The summed E-state index contributed by atoms with van der Waals surface area (Å²) >= 11 is 0. The maximum atomic E-state index is 13.1. The van der Waals surface area contributed by atoms with Crippen molar-refractivity contribution in [3.05, 3.63) is 83.2 Å². The van der Waals surface area contributed by atoms with E-state index in [1.807, 2.05) is 5.32 Å². The number of likely N-dealkylation sites (tertiary alicyclic amines) is 1. The van der Waals surface area contributed by atoms with Crippen LogP contribution in [0.2, 0.25) is 0 Å². The van der Waals surface area contributed by atoms with Crippen molar-refractivity contribution in [1.29, 1.82) is 0 Å². The van der Waals surface area contributed by atoms with Gasteiger partial charge in [-0.1, -0.05) is 12.1 Å². The number of hydrogen-bond acceptors (Lipinski definition) is 4. The minimum Gasteiger partial charge on any atom is -0.343 e. The Kier molecular flexibility index (Phi) is 8.17. The number of nitrogens with zero attached hydrogens (tertiary/aromatic N) is 4. The molecule has 1 saturated heterocycles. The number of nitrogens with one attached hydrogen (secondary N) is 1. The summed E-state index contributed by atoms with van der Waals surface area (Å²) in [6, 6.07) is 11.9. The Morgan fingerprint density at radius 3 is 2.26 bits per heavy atom. The standard InChI is InChI=1S/C30H27F6N5O2/c1-18-23(27(42)38-17-29(31,32)33)7-9-26-24(18)16-41(39-26)15-19-10-12-40(13-11-19)28(43)21-4-2-20(3-5-21)25-8-6-22(14-37-25)30(34,35)36/h2-9,14,16,19H,10-13,15,17H2,1H3,(H,38,42). The highest BCUT2D eigenvalue weighted by atomic mass is 19.4. The number of alkyl halides is 6. The average Bonchev–Trinajstić information content (AvgIpc) is 3.39. The lowest BCUT2D eigenvalue weighted by molar-refractivity contribution is -0.137. The van der Waals surface area contributed by atoms with Gasteiger partial charge in [0.05, 0.1) is 16.8 Å². The molecule has 0 spiro atoms. The maximum Gasteiger partial charge on any atom is 0.417 e. The van der Waals surface area contributed by atoms with Crippen LogP contribution < -0.4 is 5.32 Å². The van der Waals surface area contributed by atoms with Gasteiger partial charge in [0.15, 0.2) is 0 Å². The molecule has 2 aromatic heterocycles. The Morgan fingerprint density at radius 2 is 1.65 bits per heavy atom. The summed E-state index contributed by atoms with van der Waals surface area (Å²) in [6.07, 6.45) is -4.92. The molecule has 7 nitrogen and oxygen atoms in total. The van der Waals surface area contributed by atoms with Gasteiger partial charge < -0.3 is 10.2 Å². The van der Waals surface area contributed by atoms with Crippen LogP contribution in [0.1, 0.15) is 44.7 Å². The van der Waals surface area contributed by atoms with Crippen LogP contribution in [-0.2, 0) is 12.7 Å². The van der Waals surface area contributed by atoms with E-state index >= 15 is 0 Å². The van der Waals surface area contributed by atoms with E-state index in [4.69, 9.17) is 0 Å². The van der Waals surface area contributed by atoms with Crippen LogP contribution in [-0.4, -0.2) is 57.3 Å². The molecule has 2 amide bonds. The van der Waals surface area contributed by atoms with Crippen LogP contribution in [0, 0.1) is 12.8 Å². The number of benzene rings is 2. The van der Waals surface area contributed by atoms with Gasteiger partial charge in [-0.25, -0.2) is 0 Å². The Balaban J connectivity index is 1.17. The van der Waals surface area contributed by atoms with Gasteiger partial charge in [-0.15, -0.1) is 0 Å². The molecule has 13 heteroatoms. The number of aryl methyl sites for hydroxylation is 1. The van der Waals surface area contributed by atoms with Gasteiger partial charge in [-0.3, -0.25) is 19.3 Å². The second-order valence-electron chi connectivity index (χ2n) is 10.6. The molecule has 1 fully saturated rings. The molecule has 2 aromatic carbocycles. The molecule has 43 heavy (non-hydrogen) atoms. The van der Waals surface area contributed by atoms with Gasteiger partial charge in [0.25, 0.3) is 11.8 Å². The third-order valence-corrected chi connectivity index (χ3v) is 7.57. The third kappa shape index (κ3) is 6.98. The first-order valence-electron chi connectivity index (χ1n) is 13.5. The molecule has 4 aromatic rings. The summed E-state index contributed by atoms with van der Waals surface area (Å²) in [6.45, 7) is 1.92. The second-order valence-corrected chi connectivity index (χ2v) is 10.6. The van der Waals surface area contributed by atoms with Crippen molar-refractivity contribution in [3.8, 4) is 11.3 Å². The Hall–Kier alpha value is -4.42. The number of carbonyl (C=O) groups excluding carboxylic acids is 2. The van der Waals surface area contributed by atoms with Crippen molar-refractivity contribution in [2.45, 2.75) is 38.7 Å². The van der Waals surface area contributed by atoms with E-state index in [1.54, 1.807) is 53.0 Å². The predicted octanol–water partition coefficient (Wildman–Crippen LogP) is 6.27. The number of aromatic nitrogens is 3. The highest BCUT2D eigenvalue weighted by Crippen LogP contribution is 2.30. The summed E-state index contributed by atoms with van der Waals surface area (Å²) < 4.78 is 77.6. The largest absolute Gasteiger partial charge is 0.417 e. The topological polar surface area (TPSA) is 80.1 Å². The molecule has 0 saturated carbocycles. The van der Waals surface area contributed by atoms with Crippen molar-refractivity contribution in [2.24, 2.45) is 5.92 Å². The lowest BCUT2D eigenvalue weighted by Crippen LogP contribution is -2.39. The molecule has 0 bridgehead atoms. The van der Waals surface area contributed by atoms with Crippen molar-refractivity contribution < 1.29 is 35.9 Å². The number of piperidine rings is 1. The van der Waals surface area contributed by atoms with Crippen LogP contribution in [0.3, 0.4) is 0 Å². The lowest BCUT2D eigenvalue weighted by Gasteiger charge is -2.32. The number of halogens is 6. The third-order valence-electron chi connectivity index (χ3n) is 7.57. The molecular weight excluding hydrogens is 576 g/mol. The Bertz CT molecular complexity index is 1620. The van der Waals surface area contributed by atoms with E-state index in [-0.39, 0.29) is 17.4 Å². The molecule has 0 radical (unpaired) electrons. The molecular formula is C30H27F6N5O2. The van der Waals surface area contributed by atoms with Crippen molar-refractivity contribution in [2.75, 3.05) is 19.6 Å². The Morgan fingerprint density at radius 1 is 0.953 bits per heavy atom. The van der Waals surface area contributed by atoms with Crippen LogP contribution >= 0.6 is 0 Å². The highest BCUT2D eigenvalue weighted by molar-refractivity contribution is 6.00. The smallest absolute Gasteiger partial charge is 0.343 e. The van der Waals surface area contributed by atoms with Gasteiger partial charge in [0.1, 0.15) is 6.54 Å². The van der Waals surface area contributed by atoms with E-state index in [0.29, 0.717) is 52.9 Å². The zero-order valence-corrected chi connectivity index (χ0v) is 23.0. The fraction of sp³-hybridized carbons (Fsp3) is 0.333. The zero-order valence-electron chi connectivity index (χ0n) is 23.0. The quantitative estimate of drug-likeness (QED) is 0.264. The van der Waals surface area contributed by atoms with Crippen LogP contribution in [0.15, 0.2) is 60.9 Å². The van der Waals surface area contributed by atoms with Crippen LogP contribution in [0.25, 0.3) is 22.2 Å². The number of amides is 2. The van der Waals surface area contributed by atoms with E-state index in [2.05, 4.69) is 10.1 Å². The molecule has 1 N–H and O–H groups in total. The average molecular weight is 604 g/mol. The fourth-order valence-corrected chi connectivity index (χ4v) is 5.18. The maximum absolute atomic E-state index is 13.1. The minimum atomic E-state index is -4.50. The first kappa shape index (κ1) is 30.1. The summed E-state index contributed by atoms with van der Waals surface area (Å²) in [4.78, 5) is 31.0. The van der Waals surface area contributed by atoms with Gasteiger partial charge in [0.2, 0.25) is 0 Å². The van der Waals surface area contributed by atoms with Crippen LogP contribution in [0.4, 0.5) is 26.3 Å². The molecule has 5 rings (SSSR count).